The zero-order valence-electron chi connectivity index (χ0n) is 13.3. The summed E-state index contributed by atoms with van der Waals surface area (Å²) < 4.78 is 9.71. The van der Waals surface area contributed by atoms with Crippen molar-refractivity contribution >= 4 is 23.5 Å². The van der Waals surface area contributed by atoms with E-state index in [1.54, 1.807) is 38.1 Å². The summed E-state index contributed by atoms with van der Waals surface area (Å²) in [7, 11) is 2.56. The lowest BCUT2D eigenvalue weighted by atomic mass is 9.92. The van der Waals surface area contributed by atoms with Crippen molar-refractivity contribution < 1.29 is 19.1 Å². The lowest BCUT2D eigenvalue weighted by Gasteiger charge is -2.17. The normalized spacial score (nSPS) is 10.3. The number of methoxy groups -OCH3 is 2. The fourth-order valence-electron chi connectivity index (χ4n) is 2.49. The minimum atomic E-state index is -0.574. The lowest BCUT2D eigenvalue weighted by molar-refractivity contribution is 0.0599. The summed E-state index contributed by atoms with van der Waals surface area (Å²) in [5.41, 5.74) is 2.42. The highest BCUT2D eigenvalue weighted by atomic mass is 35.5. The number of esters is 2. The number of benzene rings is 1. The molecule has 0 N–H and O–H groups in total. The average Bonchev–Trinajstić information content (AvgIpc) is 2.52. The van der Waals surface area contributed by atoms with E-state index in [9.17, 15) is 9.59 Å². The van der Waals surface area contributed by atoms with Crippen molar-refractivity contribution in [3.63, 3.8) is 0 Å². The molecular weight excluding hydrogens is 318 g/mol. The molecule has 0 aliphatic heterocycles. The van der Waals surface area contributed by atoms with Gasteiger partial charge in [-0.05, 0) is 31.5 Å². The highest BCUT2D eigenvalue weighted by Crippen LogP contribution is 2.33. The Labute approximate surface area is 139 Å². The molecule has 0 radical (unpaired) electrons. The molecule has 1 aromatic carbocycles. The summed E-state index contributed by atoms with van der Waals surface area (Å²) >= 11 is 6.06. The molecule has 120 valence electrons. The Morgan fingerprint density at radius 2 is 1.52 bits per heavy atom. The minimum Gasteiger partial charge on any atom is -0.465 e. The largest absolute Gasteiger partial charge is 0.465 e. The number of ether oxygens (including phenoxy) is 2. The zero-order chi connectivity index (χ0) is 17.1. The van der Waals surface area contributed by atoms with Gasteiger partial charge in [0, 0.05) is 10.6 Å². The number of aromatic nitrogens is 1. The third kappa shape index (κ3) is 3.19. The number of aryl methyl sites for hydroxylation is 2. The Bertz CT molecular complexity index is 746. The number of hydrogen-bond acceptors (Lipinski definition) is 5. The van der Waals surface area contributed by atoms with E-state index in [0.29, 0.717) is 27.5 Å². The van der Waals surface area contributed by atoms with E-state index in [1.807, 2.05) is 0 Å². The number of pyridine rings is 1. The lowest BCUT2D eigenvalue weighted by Crippen LogP contribution is -2.16. The SMILES string of the molecule is COC(=O)c1c(C)nc(C)c(C(=O)OC)c1-c1cccc(Cl)c1. The number of halogens is 1. The predicted octanol–water partition coefficient (Wildman–Crippen LogP) is 3.59. The maximum absolute atomic E-state index is 12.2. The molecule has 0 atom stereocenters. The number of hydrogen-bond donors (Lipinski definition) is 0. The standard InChI is InChI=1S/C17H16ClNO4/c1-9-13(16(20)22-3)15(11-6-5-7-12(18)8-11)14(10(2)19-9)17(21)23-4/h5-8H,1-4H3. The number of carbonyl (C=O) groups is 2. The van der Waals surface area contributed by atoms with Gasteiger partial charge in [-0.1, -0.05) is 23.7 Å². The van der Waals surface area contributed by atoms with Gasteiger partial charge in [-0.2, -0.15) is 0 Å². The fraction of sp³-hybridized carbons (Fsp3) is 0.235. The van der Waals surface area contributed by atoms with E-state index in [2.05, 4.69) is 4.98 Å². The number of rotatable bonds is 3. The maximum atomic E-state index is 12.2. The van der Waals surface area contributed by atoms with Crippen LogP contribution in [0.3, 0.4) is 0 Å². The second-order valence-electron chi connectivity index (χ2n) is 4.90. The van der Waals surface area contributed by atoms with Gasteiger partial charge in [-0.25, -0.2) is 9.59 Å². The van der Waals surface area contributed by atoms with Gasteiger partial charge >= 0.3 is 11.9 Å². The van der Waals surface area contributed by atoms with Crippen molar-refractivity contribution in [2.45, 2.75) is 13.8 Å². The smallest absolute Gasteiger partial charge is 0.340 e. The van der Waals surface area contributed by atoms with E-state index in [0.717, 1.165) is 0 Å². The Balaban J connectivity index is 2.93. The zero-order valence-corrected chi connectivity index (χ0v) is 14.0. The Morgan fingerprint density at radius 3 is 1.96 bits per heavy atom. The Hall–Kier alpha value is -2.40. The third-order valence-electron chi connectivity index (χ3n) is 3.45. The highest BCUT2D eigenvalue weighted by Gasteiger charge is 2.27. The predicted molar refractivity (Wildman–Crippen MR) is 86.8 cm³/mol. The van der Waals surface area contributed by atoms with E-state index in [4.69, 9.17) is 21.1 Å². The van der Waals surface area contributed by atoms with Crippen LogP contribution in [0, 0.1) is 13.8 Å². The second kappa shape index (κ2) is 6.79. The molecule has 0 aliphatic carbocycles. The molecule has 0 fully saturated rings. The van der Waals surface area contributed by atoms with Crippen molar-refractivity contribution in [2.24, 2.45) is 0 Å². The van der Waals surface area contributed by atoms with Crippen LogP contribution in [0.5, 0.6) is 0 Å². The van der Waals surface area contributed by atoms with E-state index in [1.165, 1.54) is 14.2 Å². The first-order valence-corrected chi connectivity index (χ1v) is 7.22. The molecule has 2 rings (SSSR count). The molecular formula is C17H16ClNO4. The monoisotopic (exact) mass is 333 g/mol. The molecule has 0 unspecified atom stereocenters. The van der Waals surface area contributed by atoms with Crippen LogP contribution in [-0.4, -0.2) is 31.1 Å². The quantitative estimate of drug-likeness (QED) is 0.803. The third-order valence-corrected chi connectivity index (χ3v) is 3.69. The molecule has 6 heteroatoms. The molecule has 0 amide bonds. The average molecular weight is 334 g/mol. The summed E-state index contributed by atoms with van der Waals surface area (Å²) in [4.78, 5) is 28.8. The summed E-state index contributed by atoms with van der Waals surface area (Å²) in [5.74, 6) is -1.15. The van der Waals surface area contributed by atoms with Crippen LogP contribution in [0.2, 0.25) is 5.02 Å². The Kier molecular flexibility index (Phi) is 5.01. The first-order valence-electron chi connectivity index (χ1n) is 6.84. The molecule has 0 saturated carbocycles. The molecule has 0 bridgehead atoms. The van der Waals surface area contributed by atoms with Crippen molar-refractivity contribution in [2.75, 3.05) is 14.2 Å². The second-order valence-corrected chi connectivity index (χ2v) is 5.34. The van der Waals surface area contributed by atoms with E-state index < -0.39 is 11.9 Å². The first-order chi connectivity index (χ1) is 10.9. The van der Waals surface area contributed by atoms with Gasteiger partial charge in [-0.3, -0.25) is 4.98 Å². The van der Waals surface area contributed by atoms with Gasteiger partial charge in [0.15, 0.2) is 0 Å². The number of carbonyl (C=O) groups excluding carboxylic acids is 2. The van der Waals surface area contributed by atoms with Crippen LogP contribution in [0.25, 0.3) is 11.1 Å². The van der Waals surface area contributed by atoms with Crippen molar-refractivity contribution in [3.05, 3.63) is 51.8 Å². The molecule has 1 heterocycles. The summed E-state index contributed by atoms with van der Waals surface area (Å²) in [6.45, 7) is 3.38. The van der Waals surface area contributed by atoms with Gasteiger partial charge in [-0.15, -0.1) is 0 Å². The molecule has 23 heavy (non-hydrogen) atoms. The van der Waals surface area contributed by atoms with Crippen LogP contribution in [-0.2, 0) is 9.47 Å². The van der Waals surface area contributed by atoms with Gasteiger partial charge in [0.2, 0.25) is 0 Å². The van der Waals surface area contributed by atoms with Crippen LogP contribution >= 0.6 is 11.6 Å². The van der Waals surface area contributed by atoms with Gasteiger partial charge < -0.3 is 9.47 Å². The summed E-state index contributed by atoms with van der Waals surface area (Å²) in [6.07, 6.45) is 0. The molecule has 2 aromatic rings. The highest BCUT2D eigenvalue weighted by molar-refractivity contribution is 6.31. The van der Waals surface area contributed by atoms with Crippen LogP contribution < -0.4 is 0 Å². The maximum Gasteiger partial charge on any atom is 0.340 e. The summed E-state index contributed by atoms with van der Waals surface area (Å²) in [6, 6.07) is 6.89. The van der Waals surface area contributed by atoms with Crippen molar-refractivity contribution in [3.8, 4) is 11.1 Å². The van der Waals surface area contributed by atoms with Crippen LogP contribution in [0.4, 0.5) is 0 Å². The van der Waals surface area contributed by atoms with E-state index >= 15 is 0 Å². The van der Waals surface area contributed by atoms with Crippen LogP contribution in [0.15, 0.2) is 24.3 Å². The van der Waals surface area contributed by atoms with Crippen molar-refractivity contribution in [1.82, 2.24) is 4.98 Å². The number of nitrogens with zero attached hydrogens (tertiary/aromatic N) is 1. The van der Waals surface area contributed by atoms with Crippen LogP contribution in [0.1, 0.15) is 32.1 Å². The molecule has 5 nitrogen and oxygen atoms in total. The Morgan fingerprint density at radius 1 is 1.00 bits per heavy atom. The molecule has 0 saturated heterocycles. The topological polar surface area (TPSA) is 65.5 Å². The first kappa shape index (κ1) is 17.0. The molecule has 0 spiro atoms. The summed E-state index contributed by atoms with van der Waals surface area (Å²) in [5, 5.41) is 0.487. The van der Waals surface area contributed by atoms with Gasteiger partial charge in [0.25, 0.3) is 0 Å². The van der Waals surface area contributed by atoms with E-state index in [-0.39, 0.29) is 11.1 Å². The van der Waals surface area contributed by atoms with Gasteiger partial charge in [0.1, 0.15) is 0 Å². The minimum absolute atomic E-state index is 0.223. The molecule has 1 aromatic heterocycles. The van der Waals surface area contributed by atoms with Crippen molar-refractivity contribution in [1.29, 1.82) is 0 Å². The fourth-order valence-corrected chi connectivity index (χ4v) is 2.68. The molecule has 0 aliphatic rings. The van der Waals surface area contributed by atoms with Gasteiger partial charge in [0.05, 0.1) is 36.7 Å².